The molecule has 1 atom stereocenters. The Bertz CT molecular complexity index is 672. The molecule has 0 amide bonds. The standard InChI is InChI=1S/C14H14ClN3O4.H3N/c1-21-13(19)11(15)7-9-3-5-10(6-4-9)18-8-12(16-17-18)14(20)22-2;/h3-6,8,11H,7H2,1-2H3;1H3/t11-;/m0./s1. The third kappa shape index (κ3) is 4.51. The zero-order valence-corrected chi connectivity index (χ0v) is 13.5. The van der Waals surface area contributed by atoms with E-state index in [-0.39, 0.29) is 11.8 Å². The first-order valence-corrected chi connectivity index (χ1v) is 6.80. The van der Waals surface area contributed by atoms with Crippen molar-refractivity contribution in [2.75, 3.05) is 14.2 Å². The Morgan fingerprint density at radius 3 is 2.43 bits per heavy atom. The van der Waals surface area contributed by atoms with Gasteiger partial charge in [-0.05, 0) is 24.1 Å². The predicted molar refractivity (Wildman–Crippen MR) is 83.1 cm³/mol. The van der Waals surface area contributed by atoms with Crippen molar-refractivity contribution in [3.05, 3.63) is 41.7 Å². The molecule has 1 heterocycles. The second kappa shape index (κ2) is 8.25. The molecule has 124 valence electrons. The van der Waals surface area contributed by atoms with E-state index in [1.165, 1.54) is 25.1 Å². The zero-order valence-electron chi connectivity index (χ0n) is 12.7. The number of benzene rings is 1. The van der Waals surface area contributed by atoms with Gasteiger partial charge in [0.25, 0.3) is 0 Å². The lowest BCUT2D eigenvalue weighted by atomic mass is 10.1. The summed E-state index contributed by atoms with van der Waals surface area (Å²) in [6, 6.07) is 7.19. The molecule has 0 aliphatic carbocycles. The highest BCUT2D eigenvalue weighted by molar-refractivity contribution is 6.30. The van der Waals surface area contributed by atoms with E-state index in [2.05, 4.69) is 19.8 Å². The summed E-state index contributed by atoms with van der Waals surface area (Å²) in [4.78, 5) is 22.6. The summed E-state index contributed by atoms with van der Waals surface area (Å²) < 4.78 is 10.6. The maximum Gasteiger partial charge on any atom is 0.360 e. The lowest BCUT2D eigenvalue weighted by molar-refractivity contribution is -0.140. The van der Waals surface area contributed by atoms with Crippen LogP contribution in [0.4, 0.5) is 0 Å². The molecule has 0 bridgehead atoms. The molecule has 2 aromatic rings. The molecule has 0 saturated heterocycles. The Balaban J connectivity index is 0.00000264. The van der Waals surface area contributed by atoms with E-state index in [1.54, 1.807) is 12.1 Å². The average Bonchev–Trinajstić information content (AvgIpc) is 3.03. The summed E-state index contributed by atoms with van der Waals surface area (Å²) in [5.41, 5.74) is 1.72. The Labute approximate surface area is 137 Å². The van der Waals surface area contributed by atoms with Gasteiger partial charge in [-0.25, -0.2) is 9.48 Å². The number of carbonyl (C=O) groups excluding carboxylic acids is 2. The van der Waals surface area contributed by atoms with Crippen molar-refractivity contribution < 1.29 is 19.1 Å². The summed E-state index contributed by atoms with van der Waals surface area (Å²) in [6.07, 6.45) is 1.83. The largest absolute Gasteiger partial charge is 0.468 e. The van der Waals surface area contributed by atoms with Gasteiger partial charge in [0.15, 0.2) is 5.69 Å². The Hall–Kier alpha value is -2.45. The van der Waals surface area contributed by atoms with Crippen LogP contribution in [0.3, 0.4) is 0 Å². The van der Waals surface area contributed by atoms with E-state index in [0.29, 0.717) is 6.42 Å². The molecule has 3 N–H and O–H groups in total. The number of hydrogen-bond acceptors (Lipinski definition) is 7. The van der Waals surface area contributed by atoms with Crippen molar-refractivity contribution in [2.45, 2.75) is 11.8 Å². The number of hydrogen-bond donors (Lipinski definition) is 1. The van der Waals surface area contributed by atoms with Crippen molar-refractivity contribution in [3.63, 3.8) is 0 Å². The van der Waals surface area contributed by atoms with Crippen molar-refractivity contribution >= 4 is 23.5 Å². The number of aromatic nitrogens is 3. The van der Waals surface area contributed by atoms with Gasteiger partial charge in [0.2, 0.25) is 0 Å². The van der Waals surface area contributed by atoms with E-state index in [9.17, 15) is 9.59 Å². The summed E-state index contributed by atoms with van der Waals surface area (Å²) in [5.74, 6) is -1.02. The van der Waals surface area contributed by atoms with Crippen molar-refractivity contribution in [3.8, 4) is 5.69 Å². The summed E-state index contributed by atoms with van der Waals surface area (Å²) in [6.45, 7) is 0. The number of nitrogens with zero attached hydrogens (tertiary/aromatic N) is 3. The predicted octanol–water partition coefficient (Wildman–Crippen LogP) is 1.54. The Morgan fingerprint density at radius 1 is 1.22 bits per heavy atom. The first-order chi connectivity index (χ1) is 10.5. The fraction of sp³-hybridized carbons (Fsp3) is 0.286. The number of carbonyl (C=O) groups is 2. The first-order valence-electron chi connectivity index (χ1n) is 6.37. The van der Waals surface area contributed by atoms with Gasteiger partial charge in [0, 0.05) is 0 Å². The summed E-state index contributed by atoms with van der Waals surface area (Å²) in [5, 5.41) is 6.85. The number of esters is 2. The highest BCUT2D eigenvalue weighted by atomic mass is 35.5. The molecule has 1 aromatic carbocycles. The lowest BCUT2D eigenvalue weighted by Crippen LogP contribution is -2.18. The highest BCUT2D eigenvalue weighted by Crippen LogP contribution is 2.13. The van der Waals surface area contributed by atoms with E-state index >= 15 is 0 Å². The van der Waals surface area contributed by atoms with Crippen molar-refractivity contribution in [2.24, 2.45) is 0 Å². The van der Waals surface area contributed by atoms with E-state index in [1.807, 2.05) is 12.1 Å². The third-order valence-electron chi connectivity index (χ3n) is 2.96. The first kappa shape index (κ1) is 18.6. The monoisotopic (exact) mass is 340 g/mol. The number of alkyl halides is 1. The number of methoxy groups -OCH3 is 2. The maximum absolute atomic E-state index is 11.3. The van der Waals surface area contributed by atoms with Gasteiger partial charge in [0.1, 0.15) is 5.38 Å². The van der Waals surface area contributed by atoms with Gasteiger partial charge in [-0.15, -0.1) is 16.7 Å². The van der Waals surface area contributed by atoms with Crippen LogP contribution in [0.2, 0.25) is 0 Å². The molecule has 0 saturated carbocycles. The minimum absolute atomic E-state index is 0. The molecule has 9 heteroatoms. The Morgan fingerprint density at radius 2 is 1.87 bits per heavy atom. The number of ether oxygens (including phenoxy) is 2. The van der Waals surface area contributed by atoms with Crippen LogP contribution in [0.5, 0.6) is 0 Å². The van der Waals surface area contributed by atoms with Gasteiger partial charge < -0.3 is 15.6 Å². The van der Waals surface area contributed by atoms with Crippen molar-refractivity contribution in [1.82, 2.24) is 21.1 Å². The van der Waals surface area contributed by atoms with Gasteiger partial charge in [-0.3, -0.25) is 4.79 Å². The van der Waals surface area contributed by atoms with Crippen LogP contribution in [-0.4, -0.2) is 46.5 Å². The SMILES string of the molecule is COC(=O)c1cn(-c2ccc(C[C@H](Cl)C(=O)OC)cc2)nn1.N. The average molecular weight is 341 g/mol. The van der Waals surface area contributed by atoms with Crippen LogP contribution in [0, 0.1) is 0 Å². The molecule has 0 spiro atoms. The van der Waals surface area contributed by atoms with Crippen LogP contribution < -0.4 is 6.15 Å². The van der Waals surface area contributed by atoms with Crippen LogP contribution in [0.15, 0.2) is 30.5 Å². The summed E-state index contributed by atoms with van der Waals surface area (Å²) in [7, 11) is 2.57. The van der Waals surface area contributed by atoms with Gasteiger partial charge in [-0.1, -0.05) is 17.3 Å². The highest BCUT2D eigenvalue weighted by Gasteiger charge is 2.16. The molecule has 0 fully saturated rings. The molecule has 0 unspecified atom stereocenters. The molecule has 1 aromatic heterocycles. The molecule has 8 nitrogen and oxygen atoms in total. The fourth-order valence-corrected chi connectivity index (χ4v) is 2.06. The van der Waals surface area contributed by atoms with E-state index in [4.69, 9.17) is 11.6 Å². The molecule has 0 radical (unpaired) electrons. The van der Waals surface area contributed by atoms with Crippen LogP contribution >= 0.6 is 11.6 Å². The second-order valence-electron chi connectivity index (χ2n) is 4.40. The Kier molecular flexibility index (Phi) is 6.67. The normalized spacial score (nSPS) is 11.3. The quantitative estimate of drug-likeness (QED) is 0.647. The topological polar surface area (TPSA) is 118 Å². The zero-order chi connectivity index (χ0) is 16.1. The third-order valence-corrected chi connectivity index (χ3v) is 3.29. The minimum Gasteiger partial charge on any atom is -0.468 e. The van der Waals surface area contributed by atoms with Gasteiger partial charge in [-0.2, -0.15) is 0 Å². The van der Waals surface area contributed by atoms with Crippen LogP contribution in [0.25, 0.3) is 5.69 Å². The fourth-order valence-electron chi connectivity index (χ4n) is 1.79. The summed E-state index contributed by atoms with van der Waals surface area (Å²) >= 11 is 5.92. The maximum atomic E-state index is 11.3. The van der Waals surface area contributed by atoms with E-state index < -0.39 is 17.3 Å². The smallest absolute Gasteiger partial charge is 0.360 e. The van der Waals surface area contributed by atoms with Gasteiger partial charge >= 0.3 is 11.9 Å². The molecule has 0 aliphatic heterocycles. The molecule has 0 aliphatic rings. The molecular weight excluding hydrogens is 324 g/mol. The van der Waals surface area contributed by atoms with Crippen molar-refractivity contribution in [1.29, 1.82) is 0 Å². The van der Waals surface area contributed by atoms with Crippen LogP contribution in [0.1, 0.15) is 16.1 Å². The van der Waals surface area contributed by atoms with Gasteiger partial charge in [0.05, 0.1) is 26.1 Å². The number of halogens is 1. The molecule has 2 rings (SSSR count). The minimum atomic E-state index is -0.729. The molecular formula is C14H17ClN4O4. The van der Waals surface area contributed by atoms with E-state index in [0.717, 1.165) is 11.3 Å². The molecule has 23 heavy (non-hydrogen) atoms. The lowest BCUT2D eigenvalue weighted by Gasteiger charge is -2.08. The number of rotatable bonds is 5. The second-order valence-corrected chi connectivity index (χ2v) is 4.93. The van der Waals surface area contributed by atoms with Crippen LogP contribution in [-0.2, 0) is 20.7 Å².